The maximum atomic E-state index is 10.7. The Morgan fingerprint density at radius 1 is 1.19 bits per heavy atom. The van der Waals surface area contributed by atoms with Crippen LogP contribution in [0, 0.1) is 18.8 Å². The van der Waals surface area contributed by atoms with Gasteiger partial charge in [0.2, 0.25) is 5.95 Å². The van der Waals surface area contributed by atoms with E-state index < -0.39 is 0 Å². The molecule has 0 radical (unpaired) electrons. The van der Waals surface area contributed by atoms with E-state index in [1.807, 2.05) is 19.2 Å². The van der Waals surface area contributed by atoms with Crippen molar-refractivity contribution in [3.05, 3.63) is 23.7 Å². The van der Waals surface area contributed by atoms with Gasteiger partial charge in [-0.3, -0.25) is 4.98 Å². The molecule has 2 unspecified atom stereocenters. The van der Waals surface area contributed by atoms with Crippen molar-refractivity contribution in [1.82, 2.24) is 24.8 Å². The summed E-state index contributed by atoms with van der Waals surface area (Å²) >= 11 is 1.67. The summed E-state index contributed by atoms with van der Waals surface area (Å²) in [5.74, 6) is 2.42. The van der Waals surface area contributed by atoms with Gasteiger partial charge in [0.15, 0.2) is 0 Å². The Bertz CT molecular complexity index is 1210. The lowest BCUT2D eigenvalue weighted by Gasteiger charge is -2.20. The van der Waals surface area contributed by atoms with Crippen LogP contribution >= 0.6 is 11.3 Å². The Balaban J connectivity index is 1.50. The van der Waals surface area contributed by atoms with Crippen LogP contribution in [0.5, 0.6) is 0 Å². The Morgan fingerprint density at radius 3 is 2.72 bits per heavy atom. The van der Waals surface area contributed by atoms with E-state index in [4.69, 9.17) is 15.0 Å². The molecule has 4 atom stereocenters. The first-order chi connectivity index (χ1) is 17.3. The number of nitrogens with zero attached hydrogens (tertiary/aromatic N) is 5. The van der Waals surface area contributed by atoms with Crippen LogP contribution < -0.4 is 10.6 Å². The van der Waals surface area contributed by atoms with Crippen LogP contribution in [-0.2, 0) is 6.42 Å². The minimum atomic E-state index is -0.311. The highest BCUT2D eigenvalue weighted by Crippen LogP contribution is 2.39. The molecule has 0 spiro atoms. The molecule has 2 fully saturated rings. The molecule has 3 aromatic rings. The quantitative estimate of drug-likeness (QED) is 0.361. The van der Waals surface area contributed by atoms with E-state index in [0.717, 1.165) is 63.8 Å². The Hall–Kier alpha value is -2.36. The number of fused-ring (bicyclic) bond motifs is 1. The molecule has 2 aliphatic rings. The van der Waals surface area contributed by atoms with Crippen LogP contribution in [0.4, 0.5) is 11.8 Å². The molecule has 2 aliphatic carbocycles. The van der Waals surface area contributed by atoms with E-state index in [1.54, 1.807) is 11.3 Å². The van der Waals surface area contributed by atoms with Crippen LogP contribution in [0.1, 0.15) is 57.3 Å². The topological polar surface area (TPSA) is 99.1 Å². The van der Waals surface area contributed by atoms with Gasteiger partial charge in [-0.25, -0.2) is 9.97 Å². The highest BCUT2D eigenvalue weighted by Gasteiger charge is 2.34. The largest absolute Gasteiger partial charge is 0.393 e. The van der Waals surface area contributed by atoms with Gasteiger partial charge in [0.05, 0.1) is 27.8 Å². The van der Waals surface area contributed by atoms with E-state index in [9.17, 15) is 5.11 Å². The number of thiazole rings is 1. The standard InChI is InChI=1S/C27H39N7OS/c1-6-7-20-24-22(10-11-28-20)36-26(32-24)23-16(3)30-27(29-15(2)17-8-9-17)33-25(23)31-19-12-18(14-34(4)5)21(35)13-19/h10-11,15,17-19,21,35H,6-9,12-14H2,1-5H3,(H2,29,30,31,33)/t15-,18?,19?,21+/m1/s1. The molecule has 3 heterocycles. The number of aryl methyl sites for hydroxylation is 2. The molecular weight excluding hydrogens is 470 g/mol. The van der Waals surface area contributed by atoms with Gasteiger partial charge in [0, 0.05) is 24.8 Å². The van der Waals surface area contributed by atoms with Crippen molar-refractivity contribution in [2.24, 2.45) is 11.8 Å². The summed E-state index contributed by atoms with van der Waals surface area (Å²) in [5, 5.41) is 18.9. The van der Waals surface area contributed by atoms with Crippen molar-refractivity contribution < 1.29 is 5.11 Å². The molecule has 0 bridgehead atoms. The van der Waals surface area contributed by atoms with Gasteiger partial charge in [-0.15, -0.1) is 11.3 Å². The predicted molar refractivity (Wildman–Crippen MR) is 148 cm³/mol. The summed E-state index contributed by atoms with van der Waals surface area (Å²) in [6.07, 6.45) is 7.68. The van der Waals surface area contributed by atoms with E-state index >= 15 is 0 Å². The van der Waals surface area contributed by atoms with Gasteiger partial charge in [-0.05, 0) is 77.9 Å². The zero-order valence-electron chi connectivity index (χ0n) is 22.1. The maximum absolute atomic E-state index is 10.7. The van der Waals surface area contributed by atoms with Crippen LogP contribution in [0.3, 0.4) is 0 Å². The molecule has 36 heavy (non-hydrogen) atoms. The van der Waals surface area contributed by atoms with Crippen molar-refractivity contribution in [1.29, 1.82) is 0 Å². The number of nitrogens with one attached hydrogen (secondary N) is 2. The third-order valence-electron chi connectivity index (χ3n) is 7.46. The molecule has 0 saturated heterocycles. The fourth-order valence-electron chi connectivity index (χ4n) is 5.43. The third-order valence-corrected chi connectivity index (χ3v) is 8.50. The van der Waals surface area contributed by atoms with E-state index in [2.05, 4.69) is 48.5 Å². The first-order valence-corrected chi connectivity index (χ1v) is 14.1. The molecule has 9 heteroatoms. The van der Waals surface area contributed by atoms with Gasteiger partial charge in [-0.2, -0.15) is 4.98 Å². The number of aliphatic hydroxyl groups is 1. The van der Waals surface area contributed by atoms with Gasteiger partial charge in [0.25, 0.3) is 0 Å². The summed E-state index contributed by atoms with van der Waals surface area (Å²) < 4.78 is 1.14. The van der Waals surface area contributed by atoms with Crippen LogP contribution in [0.2, 0.25) is 0 Å². The zero-order valence-corrected chi connectivity index (χ0v) is 22.9. The number of aromatic nitrogens is 4. The fraction of sp³-hybridized carbons (Fsp3) is 0.630. The highest BCUT2D eigenvalue weighted by molar-refractivity contribution is 7.21. The molecule has 0 amide bonds. The normalized spacial score (nSPS) is 22.9. The van der Waals surface area contributed by atoms with Crippen molar-refractivity contribution in [2.75, 3.05) is 31.3 Å². The SMILES string of the molecule is CCCc1nccc2sc(-c3c(C)nc(N[C@H](C)C4CC4)nc3NC3CC(CN(C)C)[C@@H](O)C3)nc12. The Kier molecular flexibility index (Phi) is 7.42. The van der Waals surface area contributed by atoms with Crippen molar-refractivity contribution in [2.45, 2.75) is 77.5 Å². The second-order valence-electron chi connectivity index (χ2n) is 10.9. The summed E-state index contributed by atoms with van der Waals surface area (Å²) in [7, 11) is 4.13. The monoisotopic (exact) mass is 509 g/mol. The molecule has 3 aromatic heterocycles. The zero-order chi connectivity index (χ0) is 25.4. The highest BCUT2D eigenvalue weighted by atomic mass is 32.1. The first-order valence-electron chi connectivity index (χ1n) is 13.3. The van der Waals surface area contributed by atoms with Crippen molar-refractivity contribution in [3.8, 4) is 10.6 Å². The summed E-state index contributed by atoms with van der Waals surface area (Å²) in [6.45, 7) is 7.31. The Labute approximate surface area is 218 Å². The second-order valence-corrected chi connectivity index (χ2v) is 11.9. The van der Waals surface area contributed by atoms with E-state index in [-0.39, 0.29) is 18.1 Å². The lowest BCUT2D eigenvalue weighted by atomic mass is 10.1. The maximum Gasteiger partial charge on any atom is 0.225 e. The summed E-state index contributed by atoms with van der Waals surface area (Å²) in [6, 6.07) is 2.55. The van der Waals surface area contributed by atoms with E-state index in [1.165, 1.54) is 12.8 Å². The van der Waals surface area contributed by atoms with Gasteiger partial charge in [-0.1, -0.05) is 13.3 Å². The van der Waals surface area contributed by atoms with Gasteiger partial charge < -0.3 is 20.6 Å². The molecular formula is C27H39N7OS. The number of anilines is 2. The van der Waals surface area contributed by atoms with Crippen LogP contribution in [0.15, 0.2) is 12.3 Å². The second kappa shape index (κ2) is 10.6. The summed E-state index contributed by atoms with van der Waals surface area (Å²) in [4.78, 5) is 21.7. The van der Waals surface area contributed by atoms with Gasteiger partial charge in [0.1, 0.15) is 16.3 Å². The minimum Gasteiger partial charge on any atom is -0.393 e. The number of aliphatic hydroxyl groups excluding tert-OH is 1. The summed E-state index contributed by atoms with van der Waals surface area (Å²) in [5.41, 5.74) is 3.89. The minimum absolute atomic E-state index is 0.151. The first kappa shape index (κ1) is 25.3. The lowest BCUT2D eigenvalue weighted by molar-refractivity contribution is 0.115. The molecule has 0 aromatic carbocycles. The number of rotatable bonds is 10. The Morgan fingerprint density at radius 2 is 2.00 bits per heavy atom. The van der Waals surface area contributed by atoms with Crippen molar-refractivity contribution in [3.63, 3.8) is 0 Å². The average molecular weight is 510 g/mol. The average Bonchev–Trinajstić information content (AvgIpc) is 3.49. The van der Waals surface area contributed by atoms with E-state index in [0.29, 0.717) is 24.3 Å². The number of hydrogen-bond acceptors (Lipinski definition) is 9. The number of hydrogen-bond donors (Lipinski definition) is 3. The van der Waals surface area contributed by atoms with Gasteiger partial charge >= 0.3 is 0 Å². The van der Waals surface area contributed by atoms with Crippen molar-refractivity contribution >= 4 is 33.3 Å². The lowest BCUT2D eigenvalue weighted by Crippen LogP contribution is -2.26. The van der Waals surface area contributed by atoms with Crippen LogP contribution in [-0.4, -0.2) is 68.8 Å². The smallest absolute Gasteiger partial charge is 0.225 e. The third kappa shape index (κ3) is 5.48. The molecule has 2 saturated carbocycles. The number of pyridine rings is 1. The predicted octanol–water partition coefficient (Wildman–Crippen LogP) is 4.73. The molecule has 0 aliphatic heterocycles. The molecule has 3 N–H and O–H groups in total. The van der Waals surface area contributed by atoms with Crippen LogP contribution in [0.25, 0.3) is 20.8 Å². The molecule has 5 rings (SSSR count). The molecule has 8 nitrogen and oxygen atoms in total. The fourth-order valence-corrected chi connectivity index (χ4v) is 6.51. The molecule has 194 valence electrons.